The first kappa shape index (κ1) is 16.2. The van der Waals surface area contributed by atoms with Crippen molar-refractivity contribution in [1.82, 2.24) is 15.3 Å². The first-order chi connectivity index (χ1) is 9.97. The fraction of sp³-hybridized carbons (Fsp3) is 0.765. The first-order valence-corrected chi connectivity index (χ1v) is 8.25. The molecule has 2 atom stereocenters. The lowest BCUT2D eigenvalue weighted by Gasteiger charge is -2.35. The van der Waals surface area contributed by atoms with E-state index >= 15 is 0 Å². The third kappa shape index (κ3) is 4.40. The van der Waals surface area contributed by atoms with Crippen LogP contribution < -0.4 is 10.2 Å². The summed E-state index contributed by atoms with van der Waals surface area (Å²) in [6, 6.07) is 0. The number of hydrogen-bond acceptors (Lipinski definition) is 4. The normalized spacial score (nSPS) is 22.9. The van der Waals surface area contributed by atoms with E-state index in [1.807, 2.05) is 6.20 Å². The van der Waals surface area contributed by atoms with Gasteiger partial charge in [-0.2, -0.15) is 0 Å². The molecule has 4 nitrogen and oxygen atoms in total. The first-order valence-electron chi connectivity index (χ1n) is 8.25. The van der Waals surface area contributed by atoms with E-state index in [4.69, 9.17) is 4.98 Å². The monoisotopic (exact) mass is 290 g/mol. The van der Waals surface area contributed by atoms with Crippen LogP contribution >= 0.6 is 0 Å². The minimum atomic E-state index is 0.669. The topological polar surface area (TPSA) is 41.1 Å². The van der Waals surface area contributed by atoms with Crippen molar-refractivity contribution in [2.75, 3.05) is 24.5 Å². The lowest BCUT2D eigenvalue weighted by atomic mass is 9.89. The van der Waals surface area contributed by atoms with Crippen LogP contribution in [0.1, 0.15) is 45.4 Å². The zero-order valence-corrected chi connectivity index (χ0v) is 14.2. The van der Waals surface area contributed by atoms with Crippen molar-refractivity contribution >= 4 is 5.95 Å². The Bertz CT molecular complexity index is 458. The molecule has 1 N–H and O–H groups in total. The number of hydrogen-bond donors (Lipinski definition) is 1. The standard InChI is InChI=1S/C17H30N4/c1-12(2)8-18-9-16-10-19-17(20-15(16)5)21-7-6-13(3)14(4)11-21/h10,12-14,18H,6-9,11H2,1-5H3. The highest BCUT2D eigenvalue weighted by Gasteiger charge is 2.24. The van der Waals surface area contributed by atoms with Gasteiger partial charge in [0.05, 0.1) is 0 Å². The number of piperidine rings is 1. The van der Waals surface area contributed by atoms with Crippen LogP contribution in [0, 0.1) is 24.7 Å². The number of aromatic nitrogens is 2. The summed E-state index contributed by atoms with van der Waals surface area (Å²) in [5.74, 6) is 3.10. The summed E-state index contributed by atoms with van der Waals surface area (Å²) >= 11 is 0. The van der Waals surface area contributed by atoms with Crippen LogP contribution in [-0.2, 0) is 6.54 Å². The molecule has 1 aliphatic heterocycles. The number of nitrogens with one attached hydrogen (secondary N) is 1. The molecule has 2 rings (SSSR count). The van der Waals surface area contributed by atoms with Crippen molar-refractivity contribution in [1.29, 1.82) is 0 Å². The minimum Gasteiger partial charge on any atom is -0.341 e. The Morgan fingerprint density at radius 3 is 2.71 bits per heavy atom. The van der Waals surface area contributed by atoms with Crippen LogP contribution in [-0.4, -0.2) is 29.6 Å². The fourth-order valence-corrected chi connectivity index (χ4v) is 2.75. The maximum Gasteiger partial charge on any atom is 0.225 e. The molecule has 2 heterocycles. The molecule has 0 amide bonds. The van der Waals surface area contributed by atoms with Gasteiger partial charge in [0.25, 0.3) is 0 Å². The van der Waals surface area contributed by atoms with Gasteiger partial charge in [-0.1, -0.05) is 27.7 Å². The summed E-state index contributed by atoms with van der Waals surface area (Å²) in [4.78, 5) is 11.7. The van der Waals surface area contributed by atoms with Crippen LogP contribution in [0.3, 0.4) is 0 Å². The lowest BCUT2D eigenvalue weighted by Crippen LogP contribution is -2.39. The van der Waals surface area contributed by atoms with Gasteiger partial charge >= 0.3 is 0 Å². The molecule has 21 heavy (non-hydrogen) atoms. The second-order valence-electron chi connectivity index (χ2n) is 6.99. The molecule has 0 bridgehead atoms. The average Bonchev–Trinajstić information content (AvgIpc) is 2.43. The van der Waals surface area contributed by atoms with Crippen molar-refractivity contribution in [3.8, 4) is 0 Å². The van der Waals surface area contributed by atoms with Crippen LogP contribution in [0.5, 0.6) is 0 Å². The summed E-state index contributed by atoms with van der Waals surface area (Å²) in [6.07, 6.45) is 3.23. The molecule has 1 saturated heterocycles. The number of aryl methyl sites for hydroxylation is 1. The zero-order valence-electron chi connectivity index (χ0n) is 14.2. The summed E-state index contributed by atoms with van der Waals surface area (Å²) < 4.78 is 0. The van der Waals surface area contributed by atoms with Gasteiger partial charge in [0.15, 0.2) is 0 Å². The molecule has 118 valence electrons. The molecule has 1 aromatic rings. The van der Waals surface area contributed by atoms with E-state index in [2.05, 4.69) is 49.8 Å². The van der Waals surface area contributed by atoms with Gasteiger partial charge in [-0.3, -0.25) is 0 Å². The third-order valence-electron chi connectivity index (χ3n) is 4.55. The lowest BCUT2D eigenvalue weighted by molar-refractivity contribution is 0.321. The second-order valence-corrected chi connectivity index (χ2v) is 6.99. The van der Waals surface area contributed by atoms with Crippen molar-refractivity contribution in [2.24, 2.45) is 17.8 Å². The molecule has 0 aliphatic carbocycles. The summed E-state index contributed by atoms with van der Waals surface area (Å²) in [5, 5.41) is 3.46. The highest BCUT2D eigenvalue weighted by atomic mass is 15.3. The second kappa shape index (κ2) is 7.21. The van der Waals surface area contributed by atoms with Crippen LogP contribution in [0.2, 0.25) is 0 Å². The smallest absolute Gasteiger partial charge is 0.225 e. The summed E-state index contributed by atoms with van der Waals surface area (Å²) in [6.45, 7) is 15.2. The van der Waals surface area contributed by atoms with Crippen LogP contribution in [0.25, 0.3) is 0 Å². The van der Waals surface area contributed by atoms with Gasteiger partial charge in [-0.25, -0.2) is 9.97 Å². The Morgan fingerprint density at radius 2 is 2.10 bits per heavy atom. The van der Waals surface area contributed by atoms with Gasteiger partial charge < -0.3 is 10.2 Å². The molecule has 0 aromatic carbocycles. The molecule has 4 heteroatoms. The number of rotatable bonds is 5. The Balaban J connectivity index is 1.98. The van der Waals surface area contributed by atoms with Crippen molar-refractivity contribution in [3.05, 3.63) is 17.5 Å². The zero-order chi connectivity index (χ0) is 15.4. The van der Waals surface area contributed by atoms with E-state index in [-0.39, 0.29) is 0 Å². The highest BCUT2D eigenvalue weighted by molar-refractivity contribution is 5.33. The van der Waals surface area contributed by atoms with Crippen LogP contribution in [0.4, 0.5) is 5.95 Å². The Kier molecular flexibility index (Phi) is 5.57. The summed E-state index contributed by atoms with van der Waals surface area (Å²) in [5.41, 5.74) is 2.31. The van der Waals surface area contributed by atoms with Gasteiger partial charge in [0, 0.05) is 37.1 Å². The fourth-order valence-electron chi connectivity index (χ4n) is 2.75. The van der Waals surface area contributed by atoms with Gasteiger partial charge in [-0.15, -0.1) is 0 Å². The molecule has 1 aromatic heterocycles. The van der Waals surface area contributed by atoms with E-state index in [1.54, 1.807) is 0 Å². The largest absolute Gasteiger partial charge is 0.341 e. The predicted molar refractivity (Wildman–Crippen MR) is 88.5 cm³/mol. The van der Waals surface area contributed by atoms with Crippen molar-refractivity contribution < 1.29 is 0 Å². The molecule has 0 spiro atoms. The Hall–Kier alpha value is -1.16. The SMILES string of the molecule is Cc1nc(N2CCC(C)C(C)C2)ncc1CNCC(C)C. The Labute approximate surface area is 129 Å². The average molecular weight is 290 g/mol. The van der Waals surface area contributed by atoms with Crippen molar-refractivity contribution in [2.45, 2.75) is 47.6 Å². The molecule has 0 saturated carbocycles. The van der Waals surface area contributed by atoms with E-state index in [0.29, 0.717) is 5.92 Å². The van der Waals surface area contributed by atoms with Gasteiger partial charge in [-0.05, 0) is 37.6 Å². The molecule has 1 aliphatic rings. The minimum absolute atomic E-state index is 0.669. The molecule has 0 radical (unpaired) electrons. The van der Waals surface area contributed by atoms with Gasteiger partial charge in [0.2, 0.25) is 5.95 Å². The quantitative estimate of drug-likeness (QED) is 0.905. The third-order valence-corrected chi connectivity index (χ3v) is 4.55. The molecule has 2 unspecified atom stereocenters. The number of nitrogens with zero attached hydrogens (tertiary/aromatic N) is 3. The maximum atomic E-state index is 4.73. The van der Waals surface area contributed by atoms with E-state index < -0.39 is 0 Å². The summed E-state index contributed by atoms with van der Waals surface area (Å²) in [7, 11) is 0. The van der Waals surface area contributed by atoms with E-state index in [0.717, 1.165) is 49.7 Å². The molecular formula is C17H30N4. The molecular weight excluding hydrogens is 260 g/mol. The van der Waals surface area contributed by atoms with E-state index in [1.165, 1.54) is 12.0 Å². The molecule has 1 fully saturated rings. The predicted octanol–water partition coefficient (Wildman–Crippen LogP) is 3.01. The maximum absolute atomic E-state index is 4.73. The van der Waals surface area contributed by atoms with Gasteiger partial charge in [0.1, 0.15) is 0 Å². The van der Waals surface area contributed by atoms with E-state index in [9.17, 15) is 0 Å². The van der Waals surface area contributed by atoms with Crippen LogP contribution in [0.15, 0.2) is 6.20 Å². The number of anilines is 1. The highest BCUT2D eigenvalue weighted by Crippen LogP contribution is 2.25. The Morgan fingerprint density at radius 1 is 1.33 bits per heavy atom. The van der Waals surface area contributed by atoms with Crippen molar-refractivity contribution in [3.63, 3.8) is 0 Å².